The minimum Gasteiger partial charge on any atom is -0.421 e. The number of anilines is 1. The topological polar surface area (TPSA) is 64.1 Å². The average Bonchev–Trinajstić information content (AvgIpc) is 2.71. The normalized spacial score (nSPS) is 10.6. The summed E-state index contributed by atoms with van der Waals surface area (Å²) < 4.78 is 18.9. The lowest BCUT2D eigenvalue weighted by Gasteiger charge is -2.08. The highest BCUT2D eigenvalue weighted by molar-refractivity contribution is 5.96. The van der Waals surface area contributed by atoms with Crippen LogP contribution in [0.15, 0.2) is 79.1 Å². The second-order valence-electron chi connectivity index (χ2n) is 6.15. The van der Waals surface area contributed by atoms with Crippen molar-refractivity contribution in [3.8, 4) is 11.8 Å². The van der Waals surface area contributed by atoms with Crippen LogP contribution in [-0.4, -0.2) is 15.9 Å². The van der Waals surface area contributed by atoms with Crippen molar-refractivity contribution in [3.63, 3.8) is 0 Å². The predicted octanol–water partition coefficient (Wildman–Crippen LogP) is 4.74. The summed E-state index contributed by atoms with van der Waals surface area (Å²) in [6, 6.07) is 19.8. The molecular weight excluding hydrogens is 357 g/mol. The Morgan fingerprint density at radius 2 is 1.64 bits per heavy atom. The molecule has 0 aliphatic rings. The van der Waals surface area contributed by atoms with Gasteiger partial charge in [-0.05, 0) is 28.5 Å². The van der Waals surface area contributed by atoms with Gasteiger partial charge in [0.25, 0.3) is 0 Å². The van der Waals surface area contributed by atoms with E-state index in [4.69, 9.17) is 4.74 Å². The quantitative estimate of drug-likeness (QED) is 0.549. The molecule has 0 bridgehead atoms. The zero-order valence-electron chi connectivity index (χ0n) is 14.8. The van der Waals surface area contributed by atoms with E-state index in [1.54, 1.807) is 12.1 Å². The smallest absolute Gasteiger partial charge is 0.322 e. The number of fused-ring (bicyclic) bond motifs is 1. The van der Waals surface area contributed by atoms with Crippen LogP contribution in [0.4, 0.5) is 10.1 Å². The number of hydrogen-bond donors (Lipinski definition) is 1. The number of amides is 1. The Balaban J connectivity index is 1.43. The van der Waals surface area contributed by atoms with E-state index in [0.717, 1.165) is 16.3 Å². The van der Waals surface area contributed by atoms with Gasteiger partial charge in [-0.25, -0.2) is 14.4 Å². The first-order chi connectivity index (χ1) is 13.7. The van der Waals surface area contributed by atoms with Crippen molar-refractivity contribution in [3.05, 3.63) is 90.5 Å². The van der Waals surface area contributed by atoms with E-state index >= 15 is 0 Å². The SMILES string of the molecule is O=C(Cc1cccc2ccccc12)Nc1cnc(Oc2ccccc2F)nc1. The lowest BCUT2D eigenvalue weighted by Crippen LogP contribution is -2.15. The van der Waals surface area contributed by atoms with Crippen LogP contribution >= 0.6 is 0 Å². The van der Waals surface area contributed by atoms with Gasteiger partial charge >= 0.3 is 6.01 Å². The number of hydrogen-bond acceptors (Lipinski definition) is 4. The van der Waals surface area contributed by atoms with Crippen molar-refractivity contribution in [2.75, 3.05) is 5.32 Å². The Kier molecular flexibility index (Phi) is 4.93. The average molecular weight is 373 g/mol. The van der Waals surface area contributed by atoms with Crippen molar-refractivity contribution in [1.29, 1.82) is 0 Å². The largest absolute Gasteiger partial charge is 0.421 e. The van der Waals surface area contributed by atoms with Crippen molar-refractivity contribution >= 4 is 22.4 Å². The standard InChI is InChI=1S/C22H16FN3O2/c23-19-10-3-4-11-20(19)28-22-24-13-17(14-25-22)26-21(27)12-16-8-5-7-15-6-1-2-9-18(15)16/h1-11,13-14H,12H2,(H,26,27). The molecule has 0 aliphatic carbocycles. The third-order valence-corrected chi connectivity index (χ3v) is 4.18. The number of carbonyl (C=O) groups excluding carboxylic acids is 1. The molecule has 138 valence electrons. The van der Waals surface area contributed by atoms with Crippen molar-refractivity contribution in [1.82, 2.24) is 9.97 Å². The fraction of sp³-hybridized carbons (Fsp3) is 0.0455. The molecule has 4 rings (SSSR count). The molecule has 0 atom stereocenters. The second-order valence-corrected chi connectivity index (χ2v) is 6.15. The van der Waals surface area contributed by atoms with Crippen LogP contribution in [0.3, 0.4) is 0 Å². The fourth-order valence-corrected chi connectivity index (χ4v) is 2.88. The Hall–Kier alpha value is -3.80. The zero-order chi connectivity index (χ0) is 19.3. The molecule has 0 radical (unpaired) electrons. The molecule has 1 amide bonds. The number of rotatable bonds is 5. The first-order valence-corrected chi connectivity index (χ1v) is 8.70. The summed E-state index contributed by atoms with van der Waals surface area (Å²) in [4.78, 5) is 20.4. The molecule has 0 saturated heterocycles. The summed E-state index contributed by atoms with van der Waals surface area (Å²) in [6.07, 6.45) is 3.07. The predicted molar refractivity (Wildman–Crippen MR) is 105 cm³/mol. The van der Waals surface area contributed by atoms with E-state index in [0.29, 0.717) is 5.69 Å². The highest BCUT2D eigenvalue weighted by Gasteiger charge is 2.09. The lowest BCUT2D eigenvalue weighted by atomic mass is 10.0. The number of benzene rings is 3. The molecule has 4 aromatic rings. The van der Waals surface area contributed by atoms with Gasteiger partial charge in [-0.2, -0.15) is 0 Å². The molecular formula is C22H16FN3O2. The molecule has 5 nitrogen and oxygen atoms in total. The first-order valence-electron chi connectivity index (χ1n) is 8.70. The van der Waals surface area contributed by atoms with Gasteiger partial charge in [-0.1, -0.05) is 54.6 Å². The van der Waals surface area contributed by atoms with Gasteiger partial charge in [0.1, 0.15) is 0 Å². The van der Waals surface area contributed by atoms with E-state index in [1.807, 2.05) is 42.5 Å². The van der Waals surface area contributed by atoms with E-state index in [2.05, 4.69) is 15.3 Å². The maximum absolute atomic E-state index is 13.6. The van der Waals surface area contributed by atoms with Crippen LogP contribution in [0.25, 0.3) is 10.8 Å². The summed E-state index contributed by atoms with van der Waals surface area (Å²) in [5, 5.41) is 4.90. The molecule has 6 heteroatoms. The van der Waals surface area contributed by atoms with Gasteiger partial charge in [0.05, 0.1) is 24.5 Å². The Morgan fingerprint density at radius 3 is 2.46 bits per heavy atom. The van der Waals surface area contributed by atoms with Crippen LogP contribution in [-0.2, 0) is 11.2 Å². The molecule has 0 spiro atoms. The minimum atomic E-state index is -0.501. The minimum absolute atomic E-state index is 0.00264. The van der Waals surface area contributed by atoms with Gasteiger partial charge < -0.3 is 10.1 Å². The molecule has 3 aromatic carbocycles. The number of nitrogens with one attached hydrogen (secondary N) is 1. The van der Waals surface area contributed by atoms with Crippen LogP contribution in [0.1, 0.15) is 5.56 Å². The lowest BCUT2D eigenvalue weighted by molar-refractivity contribution is -0.115. The molecule has 1 aromatic heterocycles. The monoisotopic (exact) mass is 373 g/mol. The van der Waals surface area contributed by atoms with Crippen LogP contribution in [0.2, 0.25) is 0 Å². The van der Waals surface area contributed by atoms with E-state index in [-0.39, 0.29) is 24.1 Å². The first kappa shape index (κ1) is 17.6. The van der Waals surface area contributed by atoms with Crippen LogP contribution in [0, 0.1) is 5.82 Å². The molecule has 0 fully saturated rings. The van der Waals surface area contributed by atoms with Gasteiger partial charge in [0.2, 0.25) is 5.91 Å². The molecule has 0 saturated carbocycles. The zero-order valence-corrected chi connectivity index (χ0v) is 14.8. The maximum atomic E-state index is 13.6. The van der Waals surface area contributed by atoms with Crippen LogP contribution < -0.4 is 10.1 Å². The second kappa shape index (κ2) is 7.84. The summed E-state index contributed by atoms with van der Waals surface area (Å²) in [5.74, 6) is -0.642. The Labute approximate surface area is 160 Å². The number of nitrogens with zero attached hydrogens (tertiary/aromatic N) is 2. The van der Waals surface area contributed by atoms with Crippen LogP contribution in [0.5, 0.6) is 11.8 Å². The molecule has 0 aliphatic heterocycles. The number of para-hydroxylation sites is 1. The van der Waals surface area contributed by atoms with Crippen molar-refractivity contribution in [2.45, 2.75) is 6.42 Å². The molecule has 1 N–H and O–H groups in total. The van der Waals surface area contributed by atoms with Gasteiger partial charge in [-0.15, -0.1) is 0 Å². The maximum Gasteiger partial charge on any atom is 0.322 e. The van der Waals surface area contributed by atoms with E-state index in [1.165, 1.54) is 24.5 Å². The summed E-state index contributed by atoms with van der Waals surface area (Å²) in [6.45, 7) is 0. The Bertz CT molecular complexity index is 1120. The third-order valence-electron chi connectivity index (χ3n) is 4.18. The number of ether oxygens (including phenoxy) is 1. The summed E-state index contributed by atoms with van der Waals surface area (Å²) in [7, 11) is 0. The Morgan fingerprint density at radius 1 is 0.929 bits per heavy atom. The summed E-state index contributed by atoms with van der Waals surface area (Å²) in [5.41, 5.74) is 1.38. The molecule has 28 heavy (non-hydrogen) atoms. The van der Waals surface area contributed by atoms with Gasteiger partial charge in [0, 0.05) is 0 Å². The molecule has 1 heterocycles. The van der Waals surface area contributed by atoms with E-state index < -0.39 is 5.82 Å². The number of halogens is 1. The third kappa shape index (κ3) is 3.96. The van der Waals surface area contributed by atoms with Gasteiger partial charge in [0.15, 0.2) is 11.6 Å². The number of carbonyl (C=O) groups is 1. The fourth-order valence-electron chi connectivity index (χ4n) is 2.88. The van der Waals surface area contributed by atoms with E-state index in [9.17, 15) is 9.18 Å². The van der Waals surface area contributed by atoms with Crippen molar-refractivity contribution < 1.29 is 13.9 Å². The highest BCUT2D eigenvalue weighted by atomic mass is 19.1. The molecule has 0 unspecified atom stereocenters. The van der Waals surface area contributed by atoms with Gasteiger partial charge in [-0.3, -0.25) is 4.79 Å². The number of aromatic nitrogens is 2. The highest BCUT2D eigenvalue weighted by Crippen LogP contribution is 2.22. The summed E-state index contributed by atoms with van der Waals surface area (Å²) >= 11 is 0. The van der Waals surface area contributed by atoms with Crippen molar-refractivity contribution in [2.24, 2.45) is 0 Å².